The van der Waals surface area contributed by atoms with Crippen molar-refractivity contribution in [1.82, 2.24) is 10.3 Å². The quantitative estimate of drug-likeness (QED) is 0.478. The molecule has 4 atom stereocenters. The Bertz CT molecular complexity index is 1380. The number of carbonyl (C=O) groups excluding carboxylic acids is 2. The molecule has 2 fully saturated rings. The van der Waals surface area contributed by atoms with Gasteiger partial charge in [0, 0.05) is 53.3 Å². The molecular weight excluding hydrogens is 530 g/mol. The molecule has 1 aromatic heterocycles. The van der Waals surface area contributed by atoms with E-state index in [1.54, 1.807) is 25.1 Å². The van der Waals surface area contributed by atoms with Crippen LogP contribution in [0, 0.1) is 11.6 Å². The van der Waals surface area contributed by atoms with Gasteiger partial charge in [-0.3, -0.25) is 14.5 Å². The number of nitrogens with one attached hydrogen (secondary N) is 1. The van der Waals surface area contributed by atoms with Crippen LogP contribution in [0.3, 0.4) is 0 Å². The fourth-order valence-corrected chi connectivity index (χ4v) is 5.45. The van der Waals surface area contributed by atoms with Crippen LogP contribution in [0.5, 0.6) is 5.75 Å². The second-order valence-corrected chi connectivity index (χ2v) is 10.1. The maximum absolute atomic E-state index is 15.3. The molecule has 204 valence electrons. The fraction of sp³-hybridized carbons (Fsp3) is 0.321. The number of benzene rings is 2. The van der Waals surface area contributed by atoms with Gasteiger partial charge in [-0.05, 0) is 49.7 Å². The van der Waals surface area contributed by atoms with Crippen molar-refractivity contribution in [3.63, 3.8) is 0 Å². The third-order valence-corrected chi connectivity index (χ3v) is 7.51. The normalized spacial score (nSPS) is 22.9. The van der Waals surface area contributed by atoms with E-state index >= 15 is 8.78 Å². The highest BCUT2D eigenvalue weighted by atomic mass is 35.5. The van der Waals surface area contributed by atoms with E-state index in [1.807, 2.05) is 4.90 Å². The average Bonchev–Trinajstić information content (AvgIpc) is 3.45. The Morgan fingerprint density at radius 3 is 2.41 bits per heavy atom. The Morgan fingerprint density at radius 2 is 1.79 bits per heavy atom. The van der Waals surface area contributed by atoms with Gasteiger partial charge in [-0.1, -0.05) is 17.7 Å². The predicted molar refractivity (Wildman–Crippen MR) is 142 cm³/mol. The molecule has 2 saturated heterocycles. The Kier molecular flexibility index (Phi) is 7.42. The minimum Gasteiger partial charge on any atom is -0.497 e. The lowest BCUT2D eigenvalue weighted by atomic mass is 9.87. The third kappa shape index (κ3) is 5.14. The molecule has 0 saturated carbocycles. The number of aliphatic hydroxyl groups is 1. The number of pyridine rings is 1. The van der Waals surface area contributed by atoms with Crippen molar-refractivity contribution in [3.05, 3.63) is 82.4 Å². The summed E-state index contributed by atoms with van der Waals surface area (Å²) in [5.74, 6) is -3.19. The van der Waals surface area contributed by atoms with Crippen molar-refractivity contribution in [2.75, 3.05) is 30.0 Å². The highest BCUT2D eigenvalue weighted by Crippen LogP contribution is 2.41. The van der Waals surface area contributed by atoms with Gasteiger partial charge < -0.3 is 20.1 Å². The number of halogens is 3. The molecule has 2 amide bonds. The zero-order valence-electron chi connectivity index (χ0n) is 21.3. The maximum atomic E-state index is 15.3. The van der Waals surface area contributed by atoms with Crippen LogP contribution in [0.25, 0.3) is 0 Å². The second-order valence-electron chi connectivity index (χ2n) is 9.68. The molecule has 0 aliphatic carbocycles. The summed E-state index contributed by atoms with van der Waals surface area (Å²) in [5.41, 5.74) is -0.0974. The van der Waals surface area contributed by atoms with Gasteiger partial charge in [0.2, 0.25) is 0 Å². The van der Waals surface area contributed by atoms with Crippen molar-refractivity contribution in [1.29, 1.82) is 0 Å². The summed E-state index contributed by atoms with van der Waals surface area (Å²) in [4.78, 5) is 34.9. The van der Waals surface area contributed by atoms with Crippen molar-refractivity contribution in [2.24, 2.45) is 0 Å². The van der Waals surface area contributed by atoms with Gasteiger partial charge in [-0.15, -0.1) is 0 Å². The first-order chi connectivity index (χ1) is 18.7. The molecule has 8 nitrogen and oxygen atoms in total. The number of amides is 2. The Balaban J connectivity index is 1.55. The standard InChI is InChI=1S/C28H27ClF2N4O4/c1-15-24(25-20(30)12-19(39-2)13-21(25)31)26(33-27(37)16-6-8-17(29)9-7-16)28(38)35(15)23-5-3-4-22(32-23)34-11-10-18(36)14-34/h3-9,12-13,15,18,24,26,36H,10-11,14H2,1-2H3,(H,33,37)/t15-,18-,24+,26?/m1/s1. The lowest BCUT2D eigenvalue weighted by molar-refractivity contribution is -0.118. The smallest absolute Gasteiger partial charge is 0.251 e. The van der Waals surface area contributed by atoms with Crippen LogP contribution in [-0.2, 0) is 4.79 Å². The van der Waals surface area contributed by atoms with Gasteiger partial charge in [-0.2, -0.15) is 0 Å². The summed E-state index contributed by atoms with van der Waals surface area (Å²) < 4.78 is 35.7. The maximum Gasteiger partial charge on any atom is 0.251 e. The van der Waals surface area contributed by atoms with Gasteiger partial charge in [0.25, 0.3) is 11.8 Å². The molecule has 2 aliphatic rings. The zero-order chi connectivity index (χ0) is 27.8. The molecule has 39 heavy (non-hydrogen) atoms. The highest BCUT2D eigenvalue weighted by Gasteiger charge is 2.50. The first-order valence-electron chi connectivity index (χ1n) is 12.5. The van der Waals surface area contributed by atoms with E-state index in [1.165, 1.54) is 36.3 Å². The van der Waals surface area contributed by atoms with E-state index in [9.17, 15) is 14.7 Å². The highest BCUT2D eigenvalue weighted by molar-refractivity contribution is 6.30. The summed E-state index contributed by atoms with van der Waals surface area (Å²) in [5, 5.41) is 13.1. The Labute approximate surface area is 229 Å². The van der Waals surface area contributed by atoms with Gasteiger partial charge >= 0.3 is 0 Å². The van der Waals surface area contributed by atoms with E-state index in [0.29, 0.717) is 30.4 Å². The first-order valence-corrected chi connectivity index (χ1v) is 12.9. The van der Waals surface area contributed by atoms with Crippen LogP contribution >= 0.6 is 11.6 Å². The molecule has 1 unspecified atom stereocenters. The predicted octanol–water partition coefficient (Wildman–Crippen LogP) is 3.91. The number of aliphatic hydroxyl groups excluding tert-OH is 1. The number of anilines is 2. The summed E-state index contributed by atoms with van der Waals surface area (Å²) in [6.07, 6.45) is 0.127. The molecule has 0 radical (unpaired) electrons. The fourth-order valence-electron chi connectivity index (χ4n) is 5.32. The van der Waals surface area contributed by atoms with Gasteiger partial charge in [0.05, 0.1) is 13.2 Å². The number of ether oxygens (including phenoxy) is 1. The average molecular weight is 557 g/mol. The van der Waals surface area contributed by atoms with E-state index < -0.39 is 47.6 Å². The van der Waals surface area contributed by atoms with E-state index in [4.69, 9.17) is 16.3 Å². The Hall–Kier alpha value is -3.76. The second kappa shape index (κ2) is 10.8. The summed E-state index contributed by atoms with van der Waals surface area (Å²) >= 11 is 5.94. The first kappa shape index (κ1) is 26.8. The van der Waals surface area contributed by atoms with Crippen molar-refractivity contribution in [3.8, 4) is 5.75 Å². The monoisotopic (exact) mass is 556 g/mol. The number of nitrogens with zero attached hydrogens (tertiary/aromatic N) is 3. The summed E-state index contributed by atoms with van der Waals surface area (Å²) in [6, 6.07) is 11.2. The molecule has 2 aliphatic heterocycles. The lowest BCUT2D eigenvalue weighted by Gasteiger charge is -2.26. The van der Waals surface area contributed by atoms with Crippen LogP contribution in [0.2, 0.25) is 5.02 Å². The number of carbonyl (C=O) groups is 2. The SMILES string of the molecule is COc1cc(F)c([C@H]2C(NC(=O)c3ccc(Cl)cc3)C(=O)N(c3cccc(N4CC[C@@H](O)C4)n3)[C@@H]2C)c(F)c1. The molecule has 11 heteroatoms. The molecule has 5 rings (SSSR count). The molecule has 2 N–H and O–H groups in total. The number of methoxy groups -OCH3 is 1. The van der Waals surface area contributed by atoms with Crippen LogP contribution in [0.1, 0.15) is 35.2 Å². The van der Waals surface area contributed by atoms with Crippen LogP contribution in [0.4, 0.5) is 20.4 Å². The van der Waals surface area contributed by atoms with Gasteiger partial charge in [0.1, 0.15) is 35.1 Å². The van der Waals surface area contributed by atoms with E-state index in [-0.39, 0.29) is 22.7 Å². The third-order valence-electron chi connectivity index (χ3n) is 7.26. The van der Waals surface area contributed by atoms with Gasteiger partial charge in [0.15, 0.2) is 0 Å². The number of rotatable bonds is 6. The minimum absolute atomic E-state index is 0.00787. The molecule has 3 heterocycles. The summed E-state index contributed by atoms with van der Waals surface area (Å²) in [7, 11) is 1.30. The zero-order valence-corrected chi connectivity index (χ0v) is 22.0. The molecule has 0 spiro atoms. The van der Waals surface area contributed by atoms with E-state index in [2.05, 4.69) is 10.3 Å². The number of β-amino-alcohol motifs (C(OH)–C–C–N with tert-alkyl or cyclic N) is 1. The van der Waals surface area contributed by atoms with Crippen molar-refractivity contribution < 1.29 is 28.2 Å². The minimum atomic E-state index is -1.29. The number of aromatic nitrogens is 1. The molecular formula is C28H27ClF2N4O4. The van der Waals surface area contributed by atoms with Crippen molar-refractivity contribution in [2.45, 2.75) is 37.5 Å². The van der Waals surface area contributed by atoms with Crippen LogP contribution in [-0.4, -0.2) is 60.3 Å². The molecule has 3 aromatic rings. The topological polar surface area (TPSA) is 95.0 Å². The lowest BCUT2D eigenvalue weighted by Crippen LogP contribution is -2.44. The van der Waals surface area contributed by atoms with Crippen LogP contribution < -0.4 is 19.9 Å². The Morgan fingerprint density at radius 1 is 1.13 bits per heavy atom. The summed E-state index contributed by atoms with van der Waals surface area (Å²) in [6.45, 7) is 2.67. The van der Waals surface area contributed by atoms with Gasteiger partial charge in [-0.25, -0.2) is 13.8 Å². The largest absolute Gasteiger partial charge is 0.497 e. The number of hydrogen-bond acceptors (Lipinski definition) is 6. The molecule has 0 bridgehead atoms. The van der Waals surface area contributed by atoms with E-state index in [0.717, 1.165) is 12.1 Å². The number of hydrogen-bond donors (Lipinski definition) is 2. The van der Waals surface area contributed by atoms with Crippen molar-refractivity contribution >= 4 is 35.1 Å². The van der Waals surface area contributed by atoms with Crippen LogP contribution in [0.15, 0.2) is 54.6 Å². The molecule has 2 aromatic carbocycles.